The molecule has 0 aromatic heterocycles. The van der Waals surface area contributed by atoms with Gasteiger partial charge in [0.25, 0.3) is 0 Å². The third-order valence-electron chi connectivity index (χ3n) is 4.47. The second kappa shape index (κ2) is 10.7. The van der Waals surface area contributed by atoms with E-state index in [0.29, 0.717) is 25.6 Å². The van der Waals surface area contributed by atoms with Crippen LogP contribution in [-0.2, 0) is 16.6 Å². The zero-order valence-corrected chi connectivity index (χ0v) is 19.4. The van der Waals surface area contributed by atoms with Crippen LogP contribution in [0.25, 0.3) is 0 Å². The van der Waals surface area contributed by atoms with Crippen LogP contribution in [0.5, 0.6) is 0 Å². The van der Waals surface area contributed by atoms with E-state index in [1.807, 2.05) is 31.3 Å². The van der Waals surface area contributed by atoms with Crippen molar-refractivity contribution >= 4 is 51.6 Å². The summed E-state index contributed by atoms with van der Waals surface area (Å²) < 4.78 is 24.7. The van der Waals surface area contributed by atoms with E-state index >= 15 is 0 Å². The Labute approximate surface area is 179 Å². The molecule has 0 atom stereocenters. The van der Waals surface area contributed by atoms with Crippen LogP contribution in [0.15, 0.2) is 29.3 Å². The standard InChI is InChI=1S/C17H27ClN4O2S.HI/c1-19-17(21(2)13-15-5-4-6-16(18)11-15)20-12-14-7-9-22(10-8-14)25(3,23)24;/h4-6,11,14H,7-10,12-13H2,1-3H3,(H,19,20);1H. The zero-order valence-electron chi connectivity index (χ0n) is 15.5. The molecule has 0 bridgehead atoms. The number of nitrogens with zero attached hydrogens (tertiary/aromatic N) is 3. The molecule has 0 aliphatic carbocycles. The number of rotatable bonds is 5. The van der Waals surface area contributed by atoms with Gasteiger partial charge in [-0.25, -0.2) is 12.7 Å². The molecule has 0 spiro atoms. The molecule has 26 heavy (non-hydrogen) atoms. The molecule has 1 aromatic rings. The van der Waals surface area contributed by atoms with Gasteiger partial charge in [0, 0.05) is 45.3 Å². The van der Waals surface area contributed by atoms with E-state index in [1.54, 1.807) is 11.4 Å². The Bertz CT molecular complexity index is 706. The predicted octanol–water partition coefficient (Wildman–Crippen LogP) is 2.64. The summed E-state index contributed by atoms with van der Waals surface area (Å²) in [6.45, 7) is 2.71. The smallest absolute Gasteiger partial charge is 0.211 e. The van der Waals surface area contributed by atoms with Crippen LogP contribution in [0, 0.1) is 5.92 Å². The van der Waals surface area contributed by atoms with E-state index in [-0.39, 0.29) is 24.0 Å². The number of benzene rings is 1. The summed E-state index contributed by atoms with van der Waals surface area (Å²) in [5.41, 5.74) is 1.12. The van der Waals surface area contributed by atoms with Gasteiger partial charge in [0.2, 0.25) is 10.0 Å². The van der Waals surface area contributed by atoms with Crippen LogP contribution in [0.4, 0.5) is 0 Å². The molecule has 148 valence electrons. The van der Waals surface area contributed by atoms with E-state index in [1.165, 1.54) is 6.26 Å². The number of sulfonamides is 1. The largest absolute Gasteiger partial charge is 0.356 e. The molecule has 1 aliphatic rings. The molecule has 1 fully saturated rings. The highest BCUT2D eigenvalue weighted by Gasteiger charge is 2.25. The third-order valence-corrected chi connectivity index (χ3v) is 6.01. The van der Waals surface area contributed by atoms with E-state index in [9.17, 15) is 8.42 Å². The summed E-state index contributed by atoms with van der Waals surface area (Å²) in [4.78, 5) is 6.39. The van der Waals surface area contributed by atoms with Crippen LogP contribution < -0.4 is 5.32 Å². The average molecular weight is 515 g/mol. The van der Waals surface area contributed by atoms with E-state index in [4.69, 9.17) is 11.6 Å². The molecule has 1 aromatic carbocycles. The molecule has 1 aliphatic heterocycles. The first kappa shape index (κ1) is 23.5. The lowest BCUT2D eigenvalue weighted by Gasteiger charge is -2.31. The van der Waals surface area contributed by atoms with Gasteiger partial charge < -0.3 is 10.2 Å². The highest BCUT2D eigenvalue weighted by Crippen LogP contribution is 2.18. The van der Waals surface area contributed by atoms with Crippen LogP contribution in [0.2, 0.25) is 5.02 Å². The first-order valence-corrected chi connectivity index (χ1v) is 10.6. The summed E-state index contributed by atoms with van der Waals surface area (Å²) in [5.74, 6) is 1.28. The van der Waals surface area contributed by atoms with Gasteiger partial charge in [-0.1, -0.05) is 23.7 Å². The number of guanidine groups is 1. The number of hydrogen-bond donors (Lipinski definition) is 1. The molecule has 6 nitrogen and oxygen atoms in total. The van der Waals surface area contributed by atoms with Crippen LogP contribution in [0.3, 0.4) is 0 Å². The average Bonchev–Trinajstić information content (AvgIpc) is 2.55. The van der Waals surface area contributed by atoms with E-state index in [2.05, 4.69) is 15.2 Å². The fourth-order valence-corrected chi connectivity index (χ4v) is 4.14. The van der Waals surface area contributed by atoms with Gasteiger partial charge in [0.1, 0.15) is 0 Å². The lowest BCUT2D eigenvalue weighted by atomic mass is 9.98. The molecule has 9 heteroatoms. The van der Waals surface area contributed by atoms with E-state index < -0.39 is 10.0 Å². The molecule has 1 N–H and O–H groups in total. The van der Waals surface area contributed by atoms with Gasteiger partial charge in [0.05, 0.1) is 6.26 Å². The molecular formula is C17H28ClIN4O2S. The van der Waals surface area contributed by atoms with Crippen molar-refractivity contribution < 1.29 is 8.42 Å². The number of halogens is 2. The molecule has 0 amide bonds. The van der Waals surface area contributed by atoms with Gasteiger partial charge in [-0.2, -0.15) is 0 Å². The van der Waals surface area contributed by atoms with Crippen molar-refractivity contribution in [3.63, 3.8) is 0 Å². The van der Waals surface area contributed by atoms with Crippen molar-refractivity contribution in [2.45, 2.75) is 19.4 Å². The fourth-order valence-electron chi connectivity index (χ4n) is 3.05. The Hall–Kier alpha value is -0.580. The van der Waals surface area contributed by atoms with Crippen molar-refractivity contribution in [2.75, 3.05) is 40.0 Å². The van der Waals surface area contributed by atoms with Crippen molar-refractivity contribution in [2.24, 2.45) is 10.9 Å². The van der Waals surface area contributed by atoms with Crippen molar-refractivity contribution in [1.29, 1.82) is 0 Å². The second-order valence-electron chi connectivity index (χ2n) is 6.52. The number of piperidine rings is 1. The normalized spacial score (nSPS) is 16.8. The number of nitrogens with one attached hydrogen (secondary N) is 1. The number of hydrogen-bond acceptors (Lipinski definition) is 3. The lowest BCUT2D eigenvalue weighted by molar-refractivity contribution is 0.273. The van der Waals surface area contributed by atoms with Gasteiger partial charge in [0.15, 0.2) is 5.96 Å². The lowest BCUT2D eigenvalue weighted by Crippen LogP contribution is -2.44. The van der Waals surface area contributed by atoms with Crippen molar-refractivity contribution in [3.05, 3.63) is 34.9 Å². The Balaban J connectivity index is 0.00000338. The Morgan fingerprint density at radius 3 is 2.58 bits per heavy atom. The van der Waals surface area contributed by atoms with Gasteiger partial charge in [-0.05, 0) is 36.5 Å². The minimum absolute atomic E-state index is 0. The fraction of sp³-hybridized carbons (Fsp3) is 0.588. The zero-order chi connectivity index (χ0) is 18.4. The monoisotopic (exact) mass is 514 g/mol. The van der Waals surface area contributed by atoms with Crippen molar-refractivity contribution in [3.8, 4) is 0 Å². The van der Waals surface area contributed by atoms with Crippen molar-refractivity contribution in [1.82, 2.24) is 14.5 Å². The van der Waals surface area contributed by atoms with Crippen LogP contribution in [-0.4, -0.2) is 63.6 Å². The Morgan fingerprint density at radius 2 is 2.04 bits per heavy atom. The summed E-state index contributed by atoms with van der Waals surface area (Å²) in [6.07, 6.45) is 3.02. The summed E-state index contributed by atoms with van der Waals surface area (Å²) in [6, 6.07) is 7.79. The van der Waals surface area contributed by atoms with Gasteiger partial charge in [-0.3, -0.25) is 4.99 Å². The SMILES string of the molecule is CN=C(NCC1CCN(S(C)(=O)=O)CC1)N(C)Cc1cccc(Cl)c1.I. The summed E-state index contributed by atoms with van der Waals surface area (Å²) >= 11 is 6.04. The molecule has 0 unspecified atom stereocenters. The first-order valence-electron chi connectivity index (χ1n) is 8.41. The highest BCUT2D eigenvalue weighted by molar-refractivity contribution is 14.0. The molecule has 0 radical (unpaired) electrons. The quantitative estimate of drug-likeness (QED) is 0.373. The topological polar surface area (TPSA) is 65.0 Å². The predicted molar refractivity (Wildman–Crippen MR) is 119 cm³/mol. The maximum Gasteiger partial charge on any atom is 0.211 e. The Kier molecular flexibility index (Phi) is 9.63. The maximum atomic E-state index is 11.6. The van der Waals surface area contributed by atoms with E-state index in [0.717, 1.165) is 35.9 Å². The van der Waals surface area contributed by atoms with Crippen LogP contribution >= 0.6 is 35.6 Å². The summed E-state index contributed by atoms with van der Waals surface area (Å²) in [5, 5.41) is 4.13. The minimum Gasteiger partial charge on any atom is -0.356 e. The highest BCUT2D eigenvalue weighted by atomic mass is 127. The first-order chi connectivity index (χ1) is 11.8. The molecule has 0 saturated carbocycles. The Morgan fingerprint density at radius 1 is 1.38 bits per heavy atom. The van der Waals surface area contributed by atoms with Gasteiger partial charge >= 0.3 is 0 Å². The van der Waals surface area contributed by atoms with Crippen LogP contribution in [0.1, 0.15) is 18.4 Å². The molecule has 1 heterocycles. The summed E-state index contributed by atoms with van der Waals surface area (Å²) in [7, 11) is 0.689. The second-order valence-corrected chi connectivity index (χ2v) is 8.94. The third kappa shape index (κ3) is 7.21. The number of aliphatic imine (C=N–C) groups is 1. The minimum atomic E-state index is -3.07. The van der Waals surface area contributed by atoms with Gasteiger partial charge in [-0.15, -0.1) is 24.0 Å². The molecule has 1 saturated heterocycles. The molecular weight excluding hydrogens is 487 g/mol. The maximum absolute atomic E-state index is 11.6. The molecule has 2 rings (SSSR count).